The van der Waals surface area contributed by atoms with Gasteiger partial charge in [0.15, 0.2) is 0 Å². The summed E-state index contributed by atoms with van der Waals surface area (Å²) in [5, 5.41) is 0. The summed E-state index contributed by atoms with van der Waals surface area (Å²) < 4.78 is 5.44. The third-order valence-corrected chi connectivity index (χ3v) is 2.11. The second-order valence-electron chi connectivity index (χ2n) is 4.06. The van der Waals surface area contributed by atoms with Crippen LogP contribution in [0.2, 0.25) is 0 Å². The lowest BCUT2D eigenvalue weighted by molar-refractivity contribution is 0.128. The molecule has 0 atom stereocenters. The molecule has 0 aliphatic heterocycles. The molecular weight excluding hydrogens is 160 g/mol. The highest BCUT2D eigenvalue weighted by atomic mass is 16.5. The van der Waals surface area contributed by atoms with E-state index >= 15 is 0 Å². The SMILES string of the molecule is [CH2]CCCOCCCCCC(C)C. The minimum atomic E-state index is 0.854. The average Bonchev–Trinajstić information content (AvgIpc) is 2.09. The molecule has 0 aromatic carbocycles. The van der Waals surface area contributed by atoms with Crippen LogP contribution in [0.5, 0.6) is 0 Å². The van der Waals surface area contributed by atoms with Crippen molar-refractivity contribution in [3.63, 3.8) is 0 Å². The van der Waals surface area contributed by atoms with E-state index in [2.05, 4.69) is 20.8 Å². The van der Waals surface area contributed by atoms with Crippen molar-refractivity contribution in [1.82, 2.24) is 0 Å². The Kier molecular flexibility index (Phi) is 10.0. The van der Waals surface area contributed by atoms with Crippen LogP contribution in [0.4, 0.5) is 0 Å². The maximum absolute atomic E-state index is 5.44. The molecule has 13 heavy (non-hydrogen) atoms. The van der Waals surface area contributed by atoms with Gasteiger partial charge in [-0.25, -0.2) is 0 Å². The van der Waals surface area contributed by atoms with E-state index in [1.807, 2.05) is 0 Å². The second kappa shape index (κ2) is 10.0. The first-order valence-corrected chi connectivity index (χ1v) is 5.64. The summed E-state index contributed by atoms with van der Waals surface area (Å²) in [6, 6.07) is 0. The molecule has 0 saturated carbocycles. The van der Waals surface area contributed by atoms with Crippen LogP contribution in [0.3, 0.4) is 0 Å². The summed E-state index contributed by atoms with van der Waals surface area (Å²) in [5.74, 6) is 0.854. The molecule has 0 saturated heterocycles. The first-order valence-electron chi connectivity index (χ1n) is 5.64. The van der Waals surface area contributed by atoms with E-state index in [1.165, 1.54) is 25.7 Å². The normalized spacial score (nSPS) is 11.1. The molecule has 0 aromatic rings. The quantitative estimate of drug-likeness (QED) is 0.496. The Hall–Kier alpha value is -0.0400. The molecule has 0 aliphatic carbocycles. The van der Waals surface area contributed by atoms with Crippen molar-refractivity contribution in [2.75, 3.05) is 13.2 Å². The van der Waals surface area contributed by atoms with Gasteiger partial charge in [0.2, 0.25) is 0 Å². The number of rotatable bonds is 9. The van der Waals surface area contributed by atoms with E-state index in [9.17, 15) is 0 Å². The van der Waals surface area contributed by atoms with Gasteiger partial charge in [-0.2, -0.15) is 0 Å². The maximum atomic E-state index is 5.44. The molecule has 0 rings (SSSR count). The van der Waals surface area contributed by atoms with Crippen molar-refractivity contribution < 1.29 is 4.74 Å². The zero-order valence-electron chi connectivity index (χ0n) is 9.35. The van der Waals surface area contributed by atoms with Gasteiger partial charge in [0.1, 0.15) is 0 Å². The van der Waals surface area contributed by atoms with Gasteiger partial charge in [-0.1, -0.05) is 46.5 Å². The summed E-state index contributed by atoms with van der Waals surface area (Å²) in [4.78, 5) is 0. The van der Waals surface area contributed by atoms with Gasteiger partial charge in [0, 0.05) is 13.2 Å². The van der Waals surface area contributed by atoms with Crippen molar-refractivity contribution in [2.24, 2.45) is 5.92 Å². The molecule has 0 spiro atoms. The molecule has 0 N–H and O–H groups in total. The zero-order chi connectivity index (χ0) is 9.94. The minimum Gasteiger partial charge on any atom is -0.381 e. The van der Waals surface area contributed by atoms with E-state index in [-0.39, 0.29) is 0 Å². The topological polar surface area (TPSA) is 9.23 Å². The monoisotopic (exact) mass is 185 g/mol. The van der Waals surface area contributed by atoms with Crippen LogP contribution < -0.4 is 0 Å². The Morgan fingerprint density at radius 1 is 1.00 bits per heavy atom. The zero-order valence-corrected chi connectivity index (χ0v) is 9.35. The fraction of sp³-hybridized carbons (Fsp3) is 0.917. The lowest BCUT2D eigenvalue weighted by Gasteiger charge is -2.05. The van der Waals surface area contributed by atoms with Gasteiger partial charge in [0.25, 0.3) is 0 Å². The third kappa shape index (κ3) is 12.0. The average molecular weight is 185 g/mol. The van der Waals surface area contributed by atoms with Gasteiger partial charge in [-0.05, 0) is 18.8 Å². The van der Waals surface area contributed by atoms with Crippen LogP contribution in [0.25, 0.3) is 0 Å². The lowest BCUT2D eigenvalue weighted by Crippen LogP contribution is -1.97. The fourth-order valence-corrected chi connectivity index (χ4v) is 1.24. The number of ether oxygens (including phenoxy) is 1. The van der Waals surface area contributed by atoms with E-state index in [1.54, 1.807) is 0 Å². The van der Waals surface area contributed by atoms with E-state index in [4.69, 9.17) is 4.74 Å². The molecule has 79 valence electrons. The summed E-state index contributed by atoms with van der Waals surface area (Å²) in [7, 11) is 0. The predicted molar refractivity (Wildman–Crippen MR) is 58.7 cm³/mol. The molecule has 0 fully saturated rings. The van der Waals surface area contributed by atoms with E-state index < -0.39 is 0 Å². The van der Waals surface area contributed by atoms with Gasteiger partial charge in [0.05, 0.1) is 0 Å². The fourth-order valence-electron chi connectivity index (χ4n) is 1.24. The van der Waals surface area contributed by atoms with Crippen LogP contribution in [0, 0.1) is 12.8 Å². The molecule has 1 heteroatoms. The molecule has 0 heterocycles. The summed E-state index contributed by atoms with van der Waals surface area (Å²) in [6.07, 6.45) is 7.36. The molecule has 1 radical (unpaired) electrons. The number of hydrogen-bond donors (Lipinski definition) is 0. The Balaban J connectivity index is 2.84. The second-order valence-corrected chi connectivity index (χ2v) is 4.06. The molecule has 1 nitrogen and oxygen atoms in total. The van der Waals surface area contributed by atoms with Crippen LogP contribution >= 0.6 is 0 Å². The van der Waals surface area contributed by atoms with E-state index in [0.29, 0.717) is 0 Å². The van der Waals surface area contributed by atoms with Crippen molar-refractivity contribution in [3.05, 3.63) is 6.92 Å². The summed E-state index contributed by atoms with van der Waals surface area (Å²) >= 11 is 0. The summed E-state index contributed by atoms with van der Waals surface area (Å²) in [5.41, 5.74) is 0. The predicted octanol–water partition coefficient (Wildman–Crippen LogP) is 3.83. The van der Waals surface area contributed by atoms with Gasteiger partial charge in [-0.3, -0.25) is 0 Å². The third-order valence-electron chi connectivity index (χ3n) is 2.11. The number of hydrogen-bond acceptors (Lipinski definition) is 1. The minimum absolute atomic E-state index is 0.854. The Morgan fingerprint density at radius 2 is 1.69 bits per heavy atom. The molecule has 0 bridgehead atoms. The Bertz CT molecular complexity index is 89.1. The molecule has 0 aromatic heterocycles. The Labute approximate surface area is 83.9 Å². The van der Waals surface area contributed by atoms with Crippen LogP contribution in [-0.4, -0.2) is 13.2 Å². The lowest BCUT2D eigenvalue weighted by atomic mass is 10.1. The smallest absolute Gasteiger partial charge is 0.0466 e. The van der Waals surface area contributed by atoms with Crippen molar-refractivity contribution in [2.45, 2.75) is 52.4 Å². The molecule has 0 aliphatic rings. The number of unbranched alkanes of at least 4 members (excludes halogenated alkanes) is 3. The maximum Gasteiger partial charge on any atom is 0.0466 e. The van der Waals surface area contributed by atoms with Crippen molar-refractivity contribution in [3.8, 4) is 0 Å². The van der Waals surface area contributed by atoms with Crippen LogP contribution in [0.15, 0.2) is 0 Å². The summed E-state index contributed by atoms with van der Waals surface area (Å²) in [6.45, 7) is 10.2. The first kappa shape index (κ1) is 13.0. The highest BCUT2D eigenvalue weighted by molar-refractivity contribution is 4.47. The van der Waals surface area contributed by atoms with Crippen LogP contribution in [-0.2, 0) is 4.74 Å². The first-order chi connectivity index (χ1) is 6.27. The van der Waals surface area contributed by atoms with Gasteiger partial charge >= 0.3 is 0 Å². The van der Waals surface area contributed by atoms with Crippen LogP contribution in [0.1, 0.15) is 52.4 Å². The van der Waals surface area contributed by atoms with E-state index in [0.717, 1.165) is 32.0 Å². The highest BCUT2D eigenvalue weighted by Crippen LogP contribution is 2.07. The largest absolute Gasteiger partial charge is 0.381 e. The standard InChI is InChI=1S/C12H25O/c1-4-5-10-13-11-8-6-7-9-12(2)3/h12H,1,4-11H2,2-3H3. The van der Waals surface area contributed by atoms with Gasteiger partial charge < -0.3 is 4.74 Å². The van der Waals surface area contributed by atoms with Gasteiger partial charge in [-0.15, -0.1) is 0 Å². The molecular formula is C12H25O. The molecule has 0 amide bonds. The molecule has 0 unspecified atom stereocenters. The van der Waals surface area contributed by atoms with Crippen molar-refractivity contribution >= 4 is 0 Å². The Morgan fingerprint density at radius 3 is 2.31 bits per heavy atom. The highest BCUT2D eigenvalue weighted by Gasteiger charge is 1.94. The van der Waals surface area contributed by atoms with Crippen molar-refractivity contribution in [1.29, 1.82) is 0 Å².